The molecular weight excluding hydrogens is 472 g/mol. The Morgan fingerprint density at radius 3 is 2.59 bits per heavy atom. The Labute approximate surface area is 201 Å². The normalized spacial score (nSPS) is 16.2. The lowest BCUT2D eigenvalue weighted by atomic mass is 10.1. The lowest BCUT2D eigenvalue weighted by molar-refractivity contribution is -0.117. The van der Waals surface area contributed by atoms with Gasteiger partial charge in [0.2, 0.25) is 17.6 Å². The van der Waals surface area contributed by atoms with Crippen LogP contribution in [0.3, 0.4) is 0 Å². The zero-order valence-electron chi connectivity index (χ0n) is 18.6. The molecule has 4 aromatic rings. The van der Waals surface area contributed by atoms with Crippen LogP contribution < -0.4 is 9.62 Å². The second-order valence-electron chi connectivity index (χ2n) is 8.25. The second kappa shape index (κ2) is 8.69. The largest absolute Gasteiger partial charge is 0.339 e. The molecule has 0 spiro atoms. The molecule has 10 heteroatoms. The number of benzene rings is 2. The van der Waals surface area contributed by atoms with Crippen LogP contribution in [0.1, 0.15) is 29.4 Å². The third kappa shape index (κ3) is 4.34. The highest BCUT2D eigenvalue weighted by molar-refractivity contribution is 7.94. The summed E-state index contributed by atoms with van der Waals surface area (Å²) in [6, 6.07) is 16.0. The highest BCUT2D eigenvalue weighted by atomic mass is 32.2. The third-order valence-corrected chi connectivity index (χ3v) is 8.65. The van der Waals surface area contributed by atoms with Gasteiger partial charge in [0, 0.05) is 29.9 Å². The summed E-state index contributed by atoms with van der Waals surface area (Å²) >= 11 is 1.15. The van der Waals surface area contributed by atoms with Crippen LogP contribution in [0.4, 0.5) is 11.4 Å². The predicted molar refractivity (Wildman–Crippen MR) is 130 cm³/mol. The van der Waals surface area contributed by atoms with E-state index in [4.69, 9.17) is 4.52 Å². The van der Waals surface area contributed by atoms with Crippen LogP contribution in [0.2, 0.25) is 0 Å². The molecule has 1 N–H and O–H groups in total. The van der Waals surface area contributed by atoms with Crippen LogP contribution in [0.15, 0.2) is 68.7 Å². The third-order valence-electron chi connectivity index (χ3n) is 5.87. The van der Waals surface area contributed by atoms with E-state index < -0.39 is 10.0 Å². The predicted octanol–water partition coefficient (Wildman–Crippen LogP) is 4.74. The van der Waals surface area contributed by atoms with Crippen molar-refractivity contribution in [1.82, 2.24) is 10.1 Å². The Morgan fingerprint density at radius 1 is 1.09 bits per heavy atom. The van der Waals surface area contributed by atoms with Gasteiger partial charge in [0.25, 0.3) is 10.0 Å². The first-order chi connectivity index (χ1) is 16.3. The molecule has 0 saturated carbocycles. The number of anilines is 2. The molecule has 0 bridgehead atoms. The van der Waals surface area contributed by atoms with Gasteiger partial charge in [0.1, 0.15) is 4.21 Å². The summed E-state index contributed by atoms with van der Waals surface area (Å²) in [4.78, 5) is 18.9. The van der Waals surface area contributed by atoms with Gasteiger partial charge in [-0.25, -0.2) is 8.42 Å². The van der Waals surface area contributed by atoms with Gasteiger partial charge in [-0.05, 0) is 72.8 Å². The van der Waals surface area contributed by atoms with Gasteiger partial charge in [-0.1, -0.05) is 17.3 Å². The average Bonchev–Trinajstić information content (AvgIpc) is 3.57. The Hall–Kier alpha value is -3.50. The number of aryl methyl sites for hydroxylation is 2. The molecule has 1 atom stereocenters. The number of carbonyl (C=O) groups is 1. The molecule has 8 nitrogen and oxygen atoms in total. The Balaban J connectivity index is 1.29. The number of nitrogens with one attached hydrogen (secondary N) is 1. The van der Waals surface area contributed by atoms with E-state index >= 15 is 0 Å². The summed E-state index contributed by atoms with van der Waals surface area (Å²) in [7, 11) is -3.61. The maximum absolute atomic E-state index is 12.6. The molecule has 1 unspecified atom stereocenters. The van der Waals surface area contributed by atoms with Crippen molar-refractivity contribution in [2.45, 2.75) is 30.4 Å². The van der Waals surface area contributed by atoms with Gasteiger partial charge in [-0.3, -0.25) is 9.52 Å². The SMILES string of the molecule is Cc1ccc(N2CC(c3nc(-c4ccc(NS(=O)(=O)c5cccs5)cc4)no3)CC2=O)cc1C. The molecule has 34 heavy (non-hydrogen) atoms. The molecule has 2 aromatic heterocycles. The highest BCUT2D eigenvalue weighted by Crippen LogP contribution is 2.33. The molecule has 0 radical (unpaired) electrons. The van der Waals surface area contributed by atoms with Crippen molar-refractivity contribution >= 4 is 38.6 Å². The van der Waals surface area contributed by atoms with Crippen LogP contribution in [-0.2, 0) is 14.8 Å². The first-order valence-corrected chi connectivity index (χ1v) is 13.0. The molecule has 0 aliphatic carbocycles. The molecule has 2 aromatic carbocycles. The van der Waals surface area contributed by atoms with Crippen molar-refractivity contribution < 1.29 is 17.7 Å². The molecule has 1 fully saturated rings. The number of nitrogens with zero attached hydrogens (tertiary/aromatic N) is 3. The Morgan fingerprint density at radius 2 is 1.88 bits per heavy atom. The number of rotatable bonds is 6. The van der Waals surface area contributed by atoms with E-state index in [0.29, 0.717) is 35.9 Å². The van der Waals surface area contributed by atoms with Crippen LogP contribution in [0, 0.1) is 13.8 Å². The monoisotopic (exact) mass is 494 g/mol. The number of aromatic nitrogens is 2. The summed E-state index contributed by atoms with van der Waals surface area (Å²) < 4.78 is 33.1. The fourth-order valence-corrected chi connectivity index (χ4v) is 5.89. The number of amides is 1. The van der Waals surface area contributed by atoms with E-state index in [1.54, 1.807) is 46.7 Å². The number of carbonyl (C=O) groups excluding carboxylic acids is 1. The minimum Gasteiger partial charge on any atom is -0.339 e. The molecule has 1 saturated heterocycles. The Bertz CT molecular complexity index is 1440. The average molecular weight is 495 g/mol. The van der Waals surface area contributed by atoms with Crippen molar-refractivity contribution in [1.29, 1.82) is 0 Å². The van der Waals surface area contributed by atoms with Gasteiger partial charge < -0.3 is 9.42 Å². The number of thiophene rings is 1. The second-order valence-corrected chi connectivity index (χ2v) is 11.1. The van der Waals surface area contributed by atoms with Crippen LogP contribution in [-0.4, -0.2) is 31.0 Å². The summed E-state index contributed by atoms with van der Waals surface area (Å²) in [6.07, 6.45) is 0.304. The lowest BCUT2D eigenvalue weighted by Crippen LogP contribution is -2.24. The topological polar surface area (TPSA) is 105 Å². The summed E-state index contributed by atoms with van der Waals surface area (Å²) in [6.45, 7) is 4.55. The quantitative estimate of drug-likeness (QED) is 0.415. The smallest absolute Gasteiger partial charge is 0.271 e. The highest BCUT2D eigenvalue weighted by Gasteiger charge is 2.35. The number of hydrogen-bond acceptors (Lipinski definition) is 7. The van der Waals surface area contributed by atoms with E-state index in [-0.39, 0.29) is 16.0 Å². The molecule has 5 rings (SSSR count). The van der Waals surface area contributed by atoms with Crippen molar-refractivity contribution in [3.63, 3.8) is 0 Å². The minimum absolute atomic E-state index is 0.0235. The molecule has 3 heterocycles. The van der Waals surface area contributed by atoms with Gasteiger partial charge in [0.05, 0.1) is 5.92 Å². The number of hydrogen-bond donors (Lipinski definition) is 1. The maximum atomic E-state index is 12.6. The molecule has 1 aliphatic heterocycles. The van der Waals surface area contributed by atoms with E-state index in [1.807, 2.05) is 32.0 Å². The van der Waals surface area contributed by atoms with E-state index in [2.05, 4.69) is 14.9 Å². The summed E-state index contributed by atoms with van der Waals surface area (Å²) in [5.74, 6) is 0.638. The number of sulfonamides is 1. The van der Waals surface area contributed by atoms with Crippen molar-refractivity contribution in [2.75, 3.05) is 16.2 Å². The van der Waals surface area contributed by atoms with Gasteiger partial charge in [-0.2, -0.15) is 4.98 Å². The standard InChI is InChI=1S/C24H22N4O4S2/c1-15-5-10-20(12-16(15)2)28-14-18(13-21(28)29)24-25-23(26-32-24)17-6-8-19(9-7-17)27-34(30,31)22-4-3-11-33-22/h3-12,18,27H,13-14H2,1-2H3. The zero-order valence-corrected chi connectivity index (χ0v) is 20.2. The van der Waals surface area contributed by atoms with E-state index in [1.165, 1.54) is 5.56 Å². The van der Waals surface area contributed by atoms with Crippen molar-refractivity contribution in [2.24, 2.45) is 0 Å². The van der Waals surface area contributed by atoms with Gasteiger partial charge in [0.15, 0.2) is 0 Å². The maximum Gasteiger partial charge on any atom is 0.271 e. The first kappa shape index (κ1) is 22.3. The van der Waals surface area contributed by atoms with Crippen molar-refractivity contribution in [3.8, 4) is 11.4 Å². The fraction of sp³-hybridized carbons (Fsp3) is 0.208. The van der Waals surface area contributed by atoms with Crippen LogP contribution in [0.25, 0.3) is 11.4 Å². The first-order valence-electron chi connectivity index (χ1n) is 10.7. The lowest BCUT2D eigenvalue weighted by Gasteiger charge is -2.17. The summed E-state index contributed by atoms with van der Waals surface area (Å²) in [5, 5.41) is 5.78. The zero-order chi connectivity index (χ0) is 23.9. The molecule has 1 amide bonds. The summed E-state index contributed by atoms with van der Waals surface area (Å²) in [5.41, 5.74) is 4.31. The van der Waals surface area contributed by atoms with E-state index in [9.17, 15) is 13.2 Å². The van der Waals surface area contributed by atoms with Crippen molar-refractivity contribution in [3.05, 3.63) is 77.0 Å². The van der Waals surface area contributed by atoms with E-state index in [0.717, 1.165) is 22.6 Å². The van der Waals surface area contributed by atoms with Gasteiger partial charge in [-0.15, -0.1) is 11.3 Å². The Kier molecular flexibility index (Phi) is 5.70. The fourth-order valence-electron chi connectivity index (χ4n) is 3.84. The molecule has 174 valence electrons. The molecule has 1 aliphatic rings. The van der Waals surface area contributed by atoms with Crippen LogP contribution >= 0.6 is 11.3 Å². The minimum atomic E-state index is -3.61. The van der Waals surface area contributed by atoms with Crippen LogP contribution in [0.5, 0.6) is 0 Å². The van der Waals surface area contributed by atoms with Gasteiger partial charge >= 0.3 is 0 Å². The molecular formula is C24H22N4O4S2.